The van der Waals surface area contributed by atoms with E-state index in [0.29, 0.717) is 25.3 Å². The quantitative estimate of drug-likeness (QED) is 0.224. The molecule has 50 heavy (non-hydrogen) atoms. The Bertz CT molecular complexity index is 1300. The molecule has 8 heterocycles. The van der Waals surface area contributed by atoms with Gasteiger partial charge in [0.1, 0.15) is 0 Å². The topological polar surface area (TPSA) is 104 Å². The summed E-state index contributed by atoms with van der Waals surface area (Å²) in [5.41, 5.74) is -1.81. The highest BCUT2D eigenvalue weighted by Crippen LogP contribution is 2.65. The summed E-state index contributed by atoms with van der Waals surface area (Å²) >= 11 is 0. The van der Waals surface area contributed by atoms with Crippen LogP contribution in [0, 0.1) is 47.3 Å². The number of hydrogen-bond donors (Lipinski definition) is 1. The minimum Gasteiger partial charge on any atom is -0.348 e. The fourth-order valence-electron chi connectivity index (χ4n) is 11.5. The lowest BCUT2D eigenvalue weighted by atomic mass is 9.57. The standard InChI is InChI=1S/C36H56F3NO10/c1-20-8-10-26-22(3)32(7,45-28-33(26)24(20)12-14-30(5,43-28)47-49-33)41-18-16-40-17-19-42-35(36(37,38)39)23(4)27-11-9-21(2)25-13-15-31(6)44-29(46-35)34(25,27)50-48-31/h20-29,40H,8-19H2,1-7H3/t20-,21-,22-,23-,24+,25+,26+,27+,28+,29+,30-,31-,32+,33-,34-,35-/m1/s1. The van der Waals surface area contributed by atoms with Crippen molar-refractivity contribution in [1.82, 2.24) is 5.32 Å². The van der Waals surface area contributed by atoms with Crippen LogP contribution in [0.3, 0.4) is 0 Å². The van der Waals surface area contributed by atoms with Gasteiger partial charge in [0.25, 0.3) is 5.79 Å². The Labute approximate surface area is 293 Å². The smallest absolute Gasteiger partial charge is 0.348 e. The van der Waals surface area contributed by atoms with Gasteiger partial charge in [-0.05, 0) is 83.0 Å². The third-order valence-electron chi connectivity index (χ3n) is 14.5. The molecule has 16 atom stereocenters. The average Bonchev–Trinajstić information content (AvgIpc) is 3.42. The minimum atomic E-state index is -4.81. The highest BCUT2D eigenvalue weighted by Gasteiger charge is 2.77. The molecule has 11 nitrogen and oxygen atoms in total. The Balaban J connectivity index is 0.901. The van der Waals surface area contributed by atoms with Crippen LogP contribution in [0.2, 0.25) is 0 Å². The molecule has 10 fully saturated rings. The molecule has 286 valence electrons. The van der Waals surface area contributed by atoms with Crippen LogP contribution in [0.15, 0.2) is 0 Å². The lowest BCUT2D eigenvalue weighted by Gasteiger charge is -2.62. The monoisotopic (exact) mass is 719 g/mol. The minimum absolute atomic E-state index is 0.0212. The molecule has 0 radical (unpaired) electrons. The van der Waals surface area contributed by atoms with Crippen molar-refractivity contribution in [2.75, 3.05) is 26.3 Å². The predicted octanol–water partition coefficient (Wildman–Crippen LogP) is 6.35. The molecule has 14 heteroatoms. The molecule has 2 aliphatic carbocycles. The molecule has 0 unspecified atom stereocenters. The van der Waals surface area contributed by atoms with Gasteiger partial charge in [-0.2, -0.15) is 13.2 Å². The average molecular weight is 720 g/mol. The Morgan fingerprint density at radius 1 is 0.600 bits per heavy atom. The molecule has 0 aromatic heterocycles. The molecule has 0 amide bonds. The maximum Gasteiger partial charge on any atom is 0.443 e. The van der Waals surface area contributed by atoms with Crippen molar-refractivity contribution in [3.63, 3.8) is 0 Å². The molecule has 0 aromatic rings. The van der Waals surface area contributed by atoms with Gasteiger partial charge in [0, 0.05) is 49.6 Å². The molecule has 8 aliphatic heterocycles. The van der Waals surface area contributed by atoms with E-state index in [1.165, 1.54) is 0 Å². The van der Waals surface area contributed by atoms with Crippen molar-refractivity contribution in [3.05, 3.63) is 0 Å². The SMILES string of the molecule is C[C@@H]1CC[C@H]2[C@@H](C)[C@@](C)(OCCNCCO[C@@]3(C(F)(F)F)O[C@@H]4O[C@@]5(C)CC[C@H]6[C@H](C)CC[C@@H]([C@H]3C)[C@@]46OO5)O[C@@H]3O[C@@]4(C)CC[C@@H]1[C@]32OO4. The lowest BCUT2D eigenvalue weighted by molar-refractivity contribution is -0.598. The maximum absolute atomic E-state index is 15.1. The van der Waals surface area contributed by atoms with Gasteiger partial charge in [0.15, 0.2) is 29.6 Å². The van der Waals surface area contributed by atoms with Gasteiger partial charge in [-0.15, -0.1) is 0 Å². The molecular weight excluding hydrogens is 663 g/mol. The van der Waals surface area contributed by atoms with Gasteiger partial charge in [0.2, 0.25) is 11.6 Å². The van der Waals surface area contributed by atoms with Gasteiger partial charge < -0.3 is 33.7 Å². The Morgan fingerprint density at radius 2 is 1.10 bits per heavy atom. The first-order chi connectivity index (χ1) is 23.5. The number of halogens is 3. The first kappa shape index (κ1) is 36.3. The third kappa shape index (κ3) is 5.16. The number of nitrogens with one attached hydrogen (secondary N) is 1. The molecule has 10 aliphatic rings. The lowest BCUT2D eigenvalue weighted by Crippen LogP contribution is -2.76. The zero-order chi connectivity index (χ0) is 35.5. The van der Waals surface area contributed by atoms with Crippen LogP contribution in [-0.2, 0) is 48.0 Å². The van der Waals surface area contributed by atoms with E-state index in [9.17, 15) is 0 Å². The van der Waals surface area contributed by atoms with Crippen molar-refractivity contribution >= 4 is 0 Å². The molecule has 1 N–H and O–H groups in total. The highest BCUT2D eigenvalue weighted by molar-refractivity contribution is 5.13. The second-order valence-electron chi connectivity index (χ2n) is 17.3. The van der Waals surface area contributed by atoms with Gasteiger partial charge in [-0.25, -0.2) is 19.6 Å². The number of hydrogen-bond acceptors (Lipinski definition) is 11. The summed E-state index contributed by atoms with van der Waals surface area (Å²) < 4.78 is 82.9. The van der Waals surface area contributed by atoms with Gasteiger partial charge in [0.05, 0.1) is 13.2 Å². The maximum atomic E-state index is 15.1. The van der Waals surface area contributed by atoms with Crippen LogP contribution >= 0.6 is 0 Å². The molecule has 10 rings (SSSR count). The number of rotatable bonds is 8. The number of ether oxygens (including phenoxy) is 6. The van der Waals surface area contributed by atoms with Crippen LogP contribution in [0.25, 0.3) is 0 Å². The van der Waals surface area contributed by atoms with Crippen LogP contribution < -0.4 is 5.32 Å². The summed E-state index contributed by atoms with van der Waals surface area (Å²) in [5, 5.41) is 3.19. The first-order valence-corrected chi connectivity index (χ1v) is 19.0. The fraction of sp³-hybridized carbons (Fsp3) is 1.00. The summed E-state index contributed by atoms with van der Waals surface area (Å²) in [4.78, 5) is 24.0. The summed E-state index contributed by atoms with van der Waals surface area (Å²) in [7, 11) is 0. The molecule has 2 saturated carbocycles. The van der Waals surface area contributed by atoms with Crippen molar-refractivity contribution in [2.24, 2.45) is 47.3 Å². The van der Waals surface area contributed by atoms with E-state index in [2.05, 4.69) is 26.1 Å². The van der Waals surface area contributed by atoms with E-state index in [0.717, 1.165) is 38.5 Å². The van der Waals surface area contributed by atoms with Gasteiger partial charge in [-0.1, -0.05) is 27.7 Å². The number of fused-ring (bicyclic) bond motifs is 4. The first-order valence-electron chi connectivity index (χ1n) is 19.0. The Morgan fingerprint density at radius 3 is 1.64 bits per heavy atom. The van der Waals surface area contributed by atoms with E-state index in [4.69, 9.17) is 48.0 Å². The molecular formula is C36H56F3NO10. The summed E-state index contributed by atoms with van der Waals surface area (Å²) in [6.45, 7) is 14.2. The largest absolute Gasteiger partial charge is 0.443 e. The van der Waals surface area contributed by atoms with Gasteiger partial charge >= 0.3 is 6.18 Å². The Hall–Kier alpha value is -0.650. The van der Waals surface area contributed by atoms with Gasteiger partial charge in [-0.3, -0.25) is 0 Å². The zero-order valence-electron chi connectivity index (χ0n) is 30.5. The molecule has 8 saturated heterocycles. The van der Waals surface area contributed by atoms with Crippen molar-refractivity contribution < 1.29 is 61.1 Å². The zero-order valence-corrected chi connectivity index (χ0v) is 30.5. The number of alkyl halides is 3. The van der Waals surface area contributed by atoms with E-state index in [1.807, 2.05) is 13.8 Å². The second kappa shape index (κ2) is 12.2. The summed E-state index contributed by atoms with van der Waals surface area (Å²) in [6.07, 6.45) is -0.446. The Kier molecular flexibility index (Phi) is 8.85. The molecule has 0 aromatic carbocycles. The van der Waals surface area contributed by atoms with E-state index >= 15 is 13.2 Å². The highest BCUT2D eigenvalue weighted by atomic mass is 19.4. The summed E-state index contributed by atoms with van der Waals surface area (Å²) in [5.74, 6) is -6.48. The predicted molar refractivity (Wildman–Crippen MR) is 168 cm³/mol. The third-order valence-corrected chi connectivity index (χ3v) is 14.5. The van der Waals surface area contributed by atoms with Crippen LogP contribution in [0.1, 0.15) is 99.8 Å². The van der Waals surface area contributed by atoms with Crippen molar-refractivity contribution in [3.8, 4) is 0 Å². The van der Waals surface area contributed by atoms with E-state index in [-0.39, 0.29) is 49.3 Å². The van der Waals surface area contributed by atoms with E-state index in [1.54, 1.807) is 13.8 Å². The van der Waals surface area contributed by atoms with Crippen LogP contribution in [0.5, 0.6) is 0 Å². The normalized spacial score (nSPS) is 55.6. The van der Waals surface area contributed by atoms with Crippen LogP contribution in [0.4, 0.5) is 13.2 Å². The molecule has 4 bridgehead atoms. The second-order valence-corrected chi connectivity index (χ2v) is 17.3. The molecule has 2 spiro atoms. The van der Waals surface area contributed by atoms with E-state index < -0.39 is 64.9 Å². The summed E-state index contributed by atoms with van der Waals surface area (Å²) in [6, 6.07) is 0. The fourth-order valence-corrected chi connectivity index (χ4v) is 11.5. The van der Waals surface area contributed by atoms with Crippen LogP contribution in [-0.4, -0.2) is 79.4 Å². The van der Waals surface area contributed by atoms with Crippen molar-refractivity contribution in [2.45, 2.75) is 153 Å². The van der Waals surface area contributed by atoms with Crippen molar-refractivity contribution in [1.29, 1.82) is 0 Å².